The first-order valence-electron chi connectivity index (χ1n) is 18.0. The van der Waals surface area contributed by atoms with Crippen molar-refractivity contribution in [1.29, 1.82) is 0 Å². The molecule has 310 valence electrons. The lowest BCUT2D eigenvalue weighted by molar-refractivity contribution is -0.357. The Kier molecular flexibility index (Phi) is 14.6. The Morgan fingerprint density at radius 1 is 0.750 bits per heavy atom. The molecule has 2 aromatic rings. The lowest BCUT2D eigenvalue weighted by atomic mass is 9.97. The number of carbonyl (C=O) groups is 3. The molecule has 4 rings (SSSR count). The summed E-state index contributed by atoms with van der Waals surface area (Å²) < 4.78 is 39.7. The Hall–Kier alpha value is -4.17. The second-order valence-electron chi connectivity index (χ2n) is 15.7. The molecule has 10 atom stereocenters. The van der Waals surface area contributed by atoms with E-state index < -0.39 is 96.8 Å². The Morgan fingerprint density at radius 3 is 2.00 bits per heavy atom. The van der Waals surface area contributed by atoms with Gasteiger partial charge in [-0.1, -0.05) is 12.1 Å². The van der Waals surface area contributed by atoms with Crippen LogP contribution in [0.15, 0.2) is 42.5 Å². The third-order valence-corrected chi connectivity index (χ3v) is 8.87. The smallest absolute Gasteiger partial charge is 0.331 e. The number of esters is 3. The lowest BCUT2D eigenvalue weighted by Gasteiger charge is -2.46. The molecule has 7 N–H and O–H groups in total. The van der Waals surface area contributed by atoms with Crippen LogP contribution in [0.25, 0.3) is 6.08 Å². The summed E-state index contributed by atoms with van der Waals surface area (Å²) in [5.41, 5.74) is -0.902. The van der Waals surface area contributed by atoms with Crippen LogP contribution in [0.3, 0.4) is 0 Å². The summed E-state index contributed by atoms with van der Waals surface area (Å²) in [6.07, 6.45) is -13.0. The highest BCUT2D eigenvalue weighted by Gasteiger charge is 2.52. The maximum absolute atomic E-state index is 13.3. The van der Waals surface area contributed by atoms with E-state index in [1.54, 1.807) is 47.6 Å². The first-order valence-corrected chi connectivity index (χ1v) is 18.0. The molecule has 0 unspecified atom stereocenters. The van der Waals surface area contributed by atoms with Gasteiger partial charge in [-0.15, -0.1) is 0 Å². The van der Waals surface area contributed by atoms with Crippen LogP contribution in [-0.2, 0) is 44.5 Å². The van der Waals surface area contributed by atoms with Gasteiger partial charge in [0.15, 0.2) is 41.7 Å². The average molecular weight is 793 g/mol. The lowest BCUT2D eigenvalue weighted by Crippen LogP contribution is -2.65. The van der Waals surface area contributed by atoms with Crippen LogP contribution in [0, 0.1) is 10.8 Å². The fraction of sp³-hybridized carbons (Fsp3) is 0.564. The largest absolute Gasteiger partial charge is 0.504 e. The molecule has 0 radical (unpaired) electrons. The number of hydrogen-bond donors (Lipinski definition) is 7. The Bertz CT molecular complexity index is 1710. The van der Waals surface area contributed by atoms with Crippen molar-refractivity contribution >= 4 is 24.0 Å². The number of aromatic hydroxyl groups is 2. The molecule has 2 aliphatic heterocycles. The Morgan fingerprint density at radius 2 is 1.39 bits per heavy atom. The van der Waals surface area contributed by atoms with Gasteiger partial charge in [0.2, 0.25) is 0 Å². The fourth-order valence-electron chi connectivity index (χ4n) is 5.41. The number of ether oxygens (including phenoxy) is 7. The van der Waals surface area contributed by atoms with Crippen LogP contribution >= 0.6 is 0 Å². The second kappa shape index (κ2) is 18.4. The van der Waals surface area contributed by atoms with Gasteiger partial charge in [0.1, 0.15) is 36.6 Å². The van der Waals surface area contributed by atoms with E-state index in [0.717, 1.165) is 6.08 Å². The molecule has 0 aromatic heterocycles. The summed E-state index contributed by atoms with van der Waals surface area (Å²) in [6.45, 7) is 10.4. The van der Waals surface area contributed by atoms with E-state index in [1.165, 1.54) is 43.3 Å². The number of aliphatic hydroxyl groups excluding tert-OH is 5. The summed E-state index contributed by atoms with van der Waals surface area (Å²) in [5.74, 6) is -3.00. The van der Waals surface area contributed by atoms with Crippen molar-refractivity contribution in [2.75, 3.05) is 13.2 Å². The fourth-order valence-corrected chi connectivity index (χ4v) is 5.41. The Balaban J connectivity index is 1.57. The summed E-state index contributed by atoms with van der Waals surface area (Å²) in [7, 11) is 0. The molecular weight excluding hydrogens is 740 g/mol. The standard InChI is InChI=1S/C39H52O17/c1-19-28(44)29(45)30(46)35(51-19)56-33-31(47)34(50-15-14-21-8-11-22(41)23(42)16-21)52-26(18-40)32(33)55-27(43)13-10-20-9-12-24(53-36(48)38(2,3)4)25(17-20)54-37(49)39(5,6)7/h8-13,16-17,19,26,28-35,40-42,44-47H,14-15,18H2,1-7H3/b13-10+/t19-,26+,28-,29+,30+,31+,32+,33+,34+,35-/m1/s1. The van der Waals surface area contributed by atoms with Gasteiger partial charge in [-0.05, 0) is 96.4 Å². The summed E-state index contributed by atoms with van der Waals surface area (Å²) in [5, 5.41) is 72.4. The molecule has 2 saturated heterocycles. The average Bonchev–Trinajstić information content (AvgIpc) is 3.12. The monoisotopic (exact) mass is 792 g/mol. The Labute approximate surface area is 323 Å². The number of rotatable bonds is 12. The molecule has 2 aliphatic rings. The normalized spacial score (nSPS) is 28.5. The van der Waals surface area contributed by atoms with Gasteiger partial charge in [0.05, 0.1) is 30.1 Å². The second-order valence-corrected chi connectivity index (χ2v) is 15.7. The zero-order valence-electron chi connectivity index (χ0n) is 32.2. The van der Waals surface area contributed by atoms with Crippen LogP contribution in [0.5, 0.6) is 23.0 Å². The van der Waals surface area contributed by atoms with Crippen molar-refractivity contribution in [2.24, 2.45) is 10.8 Å². The van der Waals surface area contributed by atoms with Crippen LogP contribution < -0.4 is 9.47 Å². The minimum absolute atomic E-state index is 0.0292. The highest BCUT2D eigenvalue weighted by Crippen LogP contribution is 2.34. The van der Waals surface area contributed by atoms with E-state index in [2.05, 4.69) is 0 Å². The van der Waals surface area contributed by atoms with Crippen LogP contribution in [-0.4, -0.2) is 128 Å². The van der Waals surface area contributed by atoms with Gasteiger partial charge in [0, 0.05) is 6.08 Å². The van der Waals surface area contributed by atoms with Gasteiger partial charge in [-0.3, -0.25) is 9.59 Å². The molecule has 56 heavy (non-hydrogen) atoms. The first-order chi connectivity index (χ1) is 26.1. The molecule has 0 spiro atoms. The number of hydrogen-bond acceptors (Lipinski definition) is 17. The van der Waals surface area contributed by atoms with Crippen LogP contribution in [0.1, 0.15) is 59.6 Å². The van der Waals surface area contributed by atoms with Gasteiger partial charge in [-0.25, -0.2) is 4.79 Å². The van der Waals surface area contributed by atoms with Crippen LogP contribution in [0.2, 0.25) is 0 Å². The zero-order valence-corrected chi connectivity index (χ0v) is 32.2. The van der Waals surface area contributed by atoms with Crippen molar-refractivity contribution < 1.29 is 83.3 Å². The van der Waals surface area contributed by atoms with Crippen molar-refractivity contribution in [1.82, 2.24) is 0 Å². The molecule has 0 aliphatic carbocycles. The van der Waals surface area contributed by atoms with Crippen molar-refractivity contribution in [2.45, 2.75) is 116 Å². The quantitative estimate of drug-likeness (QED) is 0.0695. The third kappa shape index (κ3) is 11.2. The molecule has 17 heteroatoms. The molecule has 0 amide bonds. The summed E-state index contributed by atoms with van der Waals surface area (Å²) in [4.78, 5) is 38.7. The van der Waals surface area contributed by atoms with Crippen molar-refractivity contribution in [3.63, 3.8) is 0 Å². The first kappa shape index (κ1) is 44.5. The molecule has 0 bridgehead atoms. The third-order valence-electron chi connectivity index (χ3n) is 8.87. The minimum Gasteiger partial charge on any atom is -0.504 e. The summed E-state index contributed by atoms with van der Waals surface area (Å²) >= 11 is 0. The highest BCUT2D eigenvalue weighted by molar-refractivity contribution is 5.88. The molecular formula is C39H52O17. The SMILES string of the molecule is C[C@H]1O[C@H](O[C@H]2[C@H](O)[C@@H](OCCc3ccc(O)c(O)c3)O[C@@H](CO)[C@@H]2OC(=O)/C=C/c2ccc(OC(=O)C(C)(C)C)c(OC(=O)C(C)(C)C)c2)[C@@H](O)[C@@H](O)[C@@H]1O. The van der Waals surface area contributed by atoms with E-state index in [1.807, 2.05) is 0 Å². The number of phenolic OH excluding ortho intramolecular Hbond substituents is 2. The topological polar surface area (TPSA) is 257 Å². The molecule has 0 saturated carbocycles. The number of phenols is 2. The van der Waals surface area contributed by atoms with Crippen LogP contribution in [0.4, 0.5) is 0 Å². The van der Waals surface area contributed by atoms with E-state index in [-0.39, 0.29) is 36.0 Å². The number of benzene rings is 2. The minimum atomic E-state index is -1.81. The maximum Gasteiger partial charge on any atom is 0.331 e. The van der Waals surface area contributed by atoms with E-state index >= 15 is 0 Å². The molecule has 17 nitrogen and oxygen atoms in total. The van der Waals surface area contributed by atoms with E-state index in [9.17, 15) is 50.1 Å². The molecule has 2 heterocycles. The van der Waals surface area contributed by atoms with E-state index in [4.69, 9.17) is 33.2 Å². The van der Waals surface area contributed by atoms with E-state index in [0.29, 0.717) is 11.1 Å². The van der Waals surface area contributed by atoms with Crippen molar-refractivity contribution in [3.8, 4) is 23.0 Å². The zero-order chi connectivity index (χ0) is 41.7. The van der Waals surface area contributed by atoms with Gasteiger partial charge >= 0.3 is 17.9 Å². The predicted octanol–water partition coefficient (Wildman–Crippen LogP) is 1.48. The van der Waals surface area contributed by atoms with Gasteiger partial charge in [-0.2, -0.15) is 0 Å². The highest BCUT2D eigenvalue weighted by atomic mass is 16.7. The summed E-state index contributed by atoms with van der Waals surface area (Å²) in [6, 6.07) is 8.41. The molecule has 2 aromatic carbocycles. The van der Waals surface area contributed by atoms with Crippen molar-refractivity contribution in [3.05, 3.63) is 53.6 Å². The predicted molar refractivity (Wildman–Crippen MR) is 194 cm³/mol. The van der Waals surface area contributed by atoms with Gasteiger partial charge < -0.3 is 68.9 Å². The molecule has 2 fully saturated rings. The van der Waals surface area contributed by atoms with Gasteiger partial charge in [0.25, 0.3) is 0 Å². The number of aliphatic hydroxyl groups is 5. The maximum atomic E-state index is 13.3. The number of carbonyl (C=O) groups excluding carboxylic acids is 3.